The molecule has 0 unspecified atom stereocenters. The van der Waals surface area contributed by atoms with Crippen molar-refractivity contribution in [1.29, 1.82) is 0 Å². The Hall–Kier alpha value is -2.19. The summed E-state index contributed by atoms with van der Waals surface area (Å²) in [5.41, 5.74) is 0. The molecule has 0 spiro atoms. The van der Waals surface area contributed by atoms with Crippen molar-refractivity contribution in [2.24, 2.45) is 0 Å². The van der Waals surface area contributed by atoms with Gasteiger partial charge in [0.25, 0.3) is 0 Å². The van der Waals surface area contributed by atoms with Crippen LogP contribution in [0, 0.1) is 39.9 Å². The van der Waals surface area contributed by atoms with Gasteiger partial charge in [-0.25, -0.2) is 0 Å². The Morgan fingerprint density at radius 2 is 0.643 bits per heavy atom. The molecule has 0 aliphatic rings. The van der Waals surface area contributed by atoms with Crippen molar-refractivity contribution in [3.05, 3.63) is 127 Å². The smallest absolute Gasteiger partial charge is 0.168 e. The van der Waals surface area contributed by atoms with Crippen LogP contribution in [0.2, 0.25) is 0 Å². The summed E-state index contributed by atoms with van der Waals surface area (Å²) in [5, 5.41) is 7.99. The minimum absolute atomic E-state index is 0. The SMILES string of the molecule is [Gd+3].c1ccc2[cH-]ccc2c1.c1ccc2[cH-]ccc2c1.c1ccc2[cH-]ccc2c1. The largest absolute Gasteiger partial charge is 3.00 e. The maximum absolute atomic E-state index is 2.12. The number of benzene rings is 3. The molecule has 0 atom stereocenters. The summed E-state index contributed by atoms with van der Waals surface area (Å²) in [7, 11) is 0. The average Bonchev–Trinajstić information content (AvgIpc) is 3.48. The van der Waals surface area contributed by atoms with Gasteiger partial charge in [0.1, 0.15) is 0 Å². The van der Waals surface area contributed by atoms with E-state index in [4.69, 9.17) is 0 Å². The van der Waals surface area contributed by atoms with Crippen molar-refractivity contribution in [2.75, 3.05) is 0 Å². The summed E-state index contributed by atoms with van der Waals surface area (Å²) < 4.78 is 0. The first kappa shape index (κ1) is 20.5. The fourth-order valence-electron chi connectivity index (χ4n) is 3.21. The summed E-state index contributed by atoms with van der Waals surface area (Å²) in [6.07, 6.45) is 0. The second-order valence-corrected chi connectivity index (χ2v) is 6.46. The van der Waals surface area contributed by atoms with Crippen LogP contribution in [0.1, 0.15) is 0 Å². The molecule has 0 aromatic heterocycles. The van der Waals surface area contributed by atoms with Gasteiger partial charge >= 0.3 is 39.9 Å². The summed E-state index contributed by atoms with van der Waals surface area (Å²) in [4.78, 5) is 0. The van der Waals surface area contributed by atoms with Gasteiger partial charge in [0, 0.05) is 0 Å². The number of hydrogen-bond donors (Lipinski definition) is 0. The molecular weight excluding hydrogens is 482 g/mol. The topological polar surface area (TPSA) is 0 Å². The molecule has 0 saturated carbocycles. The van der Waals surface area contributed by atoms with E-state index in [2.05, 4.69) is 127 Å². The molecule has 6 aromatic carbocycles. The van der Waals surface area contributed by atoms with Crippen molar-refractivity contribution < 1.29 is 39.9 Å². The number of fused-ring (bicyclic) bond motifs is 3. The molecule has 1 radical (unpaired) electrons. The first-order valence-electron chi connectivity index (χ1n) is 9.21. The van der Waals surface area contributed by atoms with Crippen molar-refractivity contribution in [3.63, 3.8) is 0 Å². The van der Waals surface area contributed by atoms with Crippen LogP contribution < -0.4 is 0 Å². The third kappa shape index (κ3) is 5.20. The molecule has 0 aliphatic carbocycles. The normalized spacial score (nSPS) is 9.86. The summed E-state index contributed by atoms with van der Waals surface area (Å²) in [6, 6.07) is 44.0. The molecule has 0 N–H and O–H groups in total. The second kappa shape index (κ2) is 10.4. The minimum Gasteiger partial charge on any atom is -0.168 e. The molecule has 28 heavy (non-hydrogen) atoms. The van der Waals surface area contributed by atoms with Crippen molar-refractivity contribution >= 4 is 32.3 Å². The fraction of sp³-hybridized carbons (Fsp3) is 0. The first-order valence-corrected chi connectivity index (χ1v) is 9.21. The molecule has 137 valence electrons. The molecule has 0 nitrogen and oxygen atoms in total. The van der Waals surface area contributed by atoms with Gasteiger partial charge in [-0.15, -0.1) is 89.0 Å². The van der Waals surface area contributed by atoms with Gasteiger partial charge in [-0.05, 0) is 0 Å². The van der Waals surface area contributed by atoms with Crippen LogP contribution >= 0.6 is 0 Å². The molecule has 0 aliphatic heterocycles. The Kier molecular flexibility index (Phi) is 7.62. The van der Waals surface area contributed by atoms with E-state index in [0.717, 1.165) is 0 Å². The Morgan fingerprint density at radius 1 is 0.357 bits per heavy atom. The second-order valence-electron chi connectivity index (χ2n) is 6.46. The van der Waals surface area contributed by atoms with Gasteiger partial charge in [-0.3, -0.25) is 0 Å². The third-order valence-electron chi connectivity index (χ3n) is 4.64. The summed E-state index contributed by atoms with van der Waals surface area (Å²) >= 11 is 0. The zero-order chi connectivity index (χ0) is 18.3. The van der Waals surface area contributed by atoms with Crippen molar-refractivity contribution in [3.8, 4) is 0 Å². The van der Waals surface area contributed by atoms with Crippen LogP contribution in [0.5, 0.6) is 0 Å². The van der Waals surface area contributed by atoms with Gasteiger partial charge in [0.05, 0.1) is 0 Å². The molecule has 0 fully saturated rings. The fourth-order valence-corrected chi connectivity index (χ4v) is 3.21. The van der Waals surface area contributed by atoms with Gasteiger partial charge < -0.3 is 0 Å². The monoisotopic (exact) mass is 503 g/mol. The van der Waals surface area contributed by atoms with E-state index in [1.807, 2.05) is 0 Å². The molecule has 0 saturated heterocycles. The van der Waals surface area contributed by atoms with E-state index in [-0.39, 0.29) is 39.9 Å². The van der Waals surface area contributed by atoms with E-state index < -0.39 is 0 Å². The summed E-state index contributed by atoms with van der Waals surface area (Å²) in [6.45, 7) is 0. The predicted octanol–water partition coefficient (Wildman–Crippen LogP) is 7.68. The van der Waals surface area contributed by atoms with Crippen LogP contribution in [0.25, 0.3) is 32.3 Å². The maximum atomic E-state index is 2.12. The number of rotatable bonds is 0. The molecule has 6 aromatic rings. The first-order chi connectivity index (χ1) is 13.4. The van der Waals surface area contributed by atoms with Crippen LogP contribution in [-0.2, 0) is 0 Å². The Morgan fingerprint density at radius 3 is 0.929 bits per heavy atom. The van der Waals surface area contributed by atoms with Crippen LogP contribution in [0.15, 0.2) is 127 Å². The predicted molar refractivity (Wildman–Crippen MR) is 119 cm³/mol. The molecule has 0 amide bonds. The van der Waals surface area contributed by atoms with Gasteiger partial charge in [0.2, 0.25) is 0 Å². The Bertz CT molecular complexity index is 985. The van der Waals surface area contributed by atoms with Gasteiger partial charge in [0.15, 0.2) is 0 Å². The summed E-state index contributed by atoms with van der Waals surface area (Å²) in [5.74, 6) is 0. The van der Waals surface area contributed by atoms with E-state index in [0.29, 0.717) is 0 Å². The van der Waals surface area contributed by atoms with Crippen LogP contribution in [0.3, 0.4) is 0 Å². The maximum Gasteiger partial charge on any atom is 3.00 e. The Labute approximate surface area is 198 Å². The molecular formula is C27H21Gd. The number of hydrogen-bond acceptors (Lipinski definition) is 0. The quantitative estimate of drug-likeness (QED) is 0.187. The van der Waals surface area contributed by atoms with Crippen molar-refractivity contribution in [1.82, 2.24) is 0 Å². The van der Waals surface area contributed by atoms with Gasteiger partial charge in [-0.2, -0.15) is 52.6 Å². The molecule has 0 heterocycles. The van der Waals surface area contributed by atoms with E-state index in [1.165, 1.54) is 32.3 Å². The Balaban J connectivity index is 0.000000118. The molecule has 1 heteroatoms. The van der Waals surface area contributed by atoms with Crippen LogP contribution in [0.4, 0.5) is 0 Å². The average molecular weight is 503 g/mol. The molecule has 0 bridgehead atoms. The zero-order valence-corrected chi connectivity index (χ0v) is 17.7. The van der Waals surface area contributed by atoms with E-state index in [1.54, 1.807) is 0 Å². The van der Waals surface area contributed by atoms with Gasteiger partial charge in [-0.1, -0.05) is 18.2 Å². The van der Waals surface area contributed by atoms with E-state index in [9.17, 15) is 0 Å². The van der Waals surface area contributed by atoms with Crippen LogP contribution in [-0.4, -0.2) is 0 Å². The standard InChI is InChI=1S/3C9H7.Gd/c3*1-2-5-9-7-3-6-8(9)4-1;/h3*1-7H;/q3*-1;+3. The zero-order valence-electron chi connectivity index (χ0n) is 15.5. The van der Waals surface area contributed by atoms with Crippen molar-refractivity contribution in [2.45, 2.75) is 0 Å². The van der Waals surface area contributed by atoms with E-state index >= 15 is 0 Å². The minimum atomic E-state index is 0. The molecule has 6 rings (SSSR count). The third-order valence-corrected chi connectivity index (χ3v) is 4.64.